The molecule has 4 heteroatoms. The molecule has 0 aliphatic carbocycles. The van der Waals surface area contributed by atoms with Crippen molar-refractivity contribution in [2.24, 2.45) is 0 Å². The Hall–Kier alpha value is -1.03. The van der Waals surface area contributed by atoms with Crippen LogP contribution >= 0.6 is 0 Å². The number of hydrogen-bond donors (Lipinski definition) is 1. The maximum Gasteiger partial charge on any atom is 0.309 e. The summed E-state index contributed by atoms with van der Waals surface area (Å²) in [6.07, 6.45) is 5.72. The van der Waals surface area contributed by atoms with Crippen molar-refractivity contribution in [2.45, 2.75) is 12.8 Å². The topological polar surface area (TPSA) is 41.3 Å². The minimum atomic E-state index is 0.590. The third-order valence-electron chi connectivity index (χ3n) is 1.79. The highest BCUT2D eigenvalue weighted by molar-refractivity contribution is 5.15. The van der Waals surface area contributed by atoms with E-state index in [-0.39, 0.29) is 0 Å². The Morgan fingerprint density at radius 2 is 2.27 bits per heavy atom. The summed E-state index contributed by atoms with van der Waals surface area (Å²) in [5.74, 6) is 0. The molecule has 0 aromatic carbocycles. The number of nitrogens with zero attached hydrogens (tertiary/aromatic N) is 2. The van der Waals surface area contributed by atoms with Crippen molar-refractivity contribution >= 4 is 6.01 Å². The van der Waals surface area contributed by atoms with Gasteiger partial charge in [0.25, 0.3) is 0 Å². The molecule has 0 atom stereocenters. The van der Waals surface area contributed by atoms with Crippen LogP contribution in [0.3, 0.4) is 0 Å². The number of rotatable bonds is 2. The zero-order chi connectivity index (χ0) is 7.52. The van der Waals surface area contributed by atoms with Gasteiger partial charge in [0.15, 0.2) is 0 Å². The fourth-order valence-corrected chi connectivity index (χ4v) is 1.24. The summed E-state index contributed by atoms with van der Waals surface area (Å²) < 4.78 is 5.03. The van der Waals surface area contributed by atoms with E-state index in [9.17, 15) is 0 Å². The second-order valence-electron chi connectivity index (χ2n) is 2.64. The predicted molar refractivity (Wildman–Crippen MR) is 40.9 cm³/mol. The van der Waals surface area contributed by atoms with Crippen LogP contribution < -0.4 is 5.43 Å². The largest absolute Gasteiger partial charge is 0.431 e. The van der Waals surface area contributed by atoms with E-state index in [1.807, 2.05) is 0 Å². The molecule has 0 radical (unpaired) electrons. The van der Waals surface area contributed by atoms with Crippen molar-refractivity contribution in [1.82, 2.24) is 9.99 Å². The van der Waals surface area contributed by atoms with Crippen molar-refractivity contribution in [1.29, 1.82) is 0 Å². The van der Waals surface area contributed by atoms with Gasteiger partial charge in [-0.05, 0) is 12.8 Å². The summed E-state index contributed by atoms with van der Waals surface area (Å²) >= 11 is 0. The summed E-state index contributed by atoms with van der Waals surface area (Å²) in [5.41, 5.74) is 3.08. The van der Waals surface area contributed by atoms with E-state index in [1.54, 1.807) is 12.5 Å². The van der Waals surface area contributed by atoms with E-state index in [0.29, 0.717) is 6.01 Å². The highest BCUT2D eigenvalue weighted by Crippen LogP contribution is 2.09. The number of nitrogens with one attached hydrogen (secondary N) is 1. The lowest BCUT2D eigenvalue weighted by atomic mass is 10.4. The molecule has 1 aliphatic rings. The van der Waals surface area contributed by atoms with E-state index < -0.39 is 0 Å². The van der Waals surface area contributed by atoms with E-state index in [2.05, 4.69) is 15.4 Å². The summed E-state index contributed by atoms with van der Waals surface area (Å²) in [7, 11) is 0. The van der Waals surface area contributed by atoms with Crippen LogP contribution in [0.2, 0.25) is 0 Å². The predicted octanol–water partition coefficient (Wildman–Crippen LogP) is 1.10. The van der Waals surface area contributed by atoms with Crippen LogP contribution in [0.5, 0.6) is 0 Å². The highest BCUT2D eigenvalue weighted by atomic mass is 16.4. The van der Waals surface area contributed by atoms with Crippen molar-refractivity contribution in [3.8, 4) is 0 Å². The Labute approximate surface area is 65.2 Å². The molecule has 0 amide bonds. The first-order valence-electron chi connectivity index (χ1n) is 3.86. The Morgan fingerprint density at radius 1 is 1.45 bits per heavy atom. The molecule has 1 aromatic heterocycles. The summed E-state index contributed by atoms with van der Waals surface area (Å²) in [6, 6.07) is 0.590. The van der Waals surface area contributed by atoms with Gasteiger partial charge in [-0.2, -0.15) is 0 Å². The lowest BCUT2D eigenvalue weighted by Crippen LogP contribution is -2.26. The lowest BCUT2D eigenvalue weighted by molar-refractivity contribution is 0.385. The molecule has 2 rings (SSSR count). The number of hydrogen-bond acceptors (Lipinski definition) is 4. The number of aromatic nitrogens is 1. The smallest absolute Gasteiger partial charge is 0.309 e. The van der Waals surface area contributed by atoms with Crippen molar-refractivity contribution in [3.63, 3.8) is 0 Å². The molecule has 4 nitrogen and oxygen atoms in total. The molecule has 11 heavy (non-hydrogen) atoms. The summed E-state index contributed by atoms with van der Waals surface area (Å²) in [6.45, 7) is 2.17. The Bertz CT molecular complexity index is 203. The van der Waals surface area contributed by atoms with Crippen LogP contribution in [-0.4, -0.2) is 23.1 Å². The van der Waals surface area contributed by atoms with Crippen LogP contribution in [0.25, 0.3) is 0 Å². The molecule has 60 valence electrons. The number of anilines is 1. The lowest BCUT2D eigenvalue weighted by Gasteiger charge is -2.13. The first-order valence-corrected chi connectivity index (χ1v) is 3.86. The second-order valence-corrected chi connectivity index (χ2v) is 2.64. The fraction of sp³-hybridized carbons (Fsp3) is 0.571. The van der Waals surface area contributed by atoms with Gasteiger partial charge in [-0.3, -0.25) is 5.43 Å². The molecular formula is C7H11N3O. The highest BCUT2D eigenvalue weighted by Gasteiger charge is 2.11. The van der Waals surface area contributed by atoms with Gasteiger partial charge in [-0.1, -0.05) is 0 Å². The van der Waals surface area contributed by atoms with Crippen molar-refractivity contribution in [2.75, 3.05) is 18.5 Å². The van der Waals surface area contributed by atoms with Gasteiger partial charge in [-0.25, -0.2) is 9.99 Å². The molecule has 1 aromatic rings. The molecule has 1 fully saturated rings. The van der Waals surface area contributed by atoms with E-state index >= 15 is 0 Å². The molecule has 1 saturated heterocycles. The van der Waals surface area contributed by atoms with Gasteiger partial charge in [0.2, 0.25) is 0 Å². The van der Waals surface area contributed by atoms with Crippen LogP contribution in [-0.2, 0) is 0 Å². The Kier molecular flexibility index (Phi) is 1.77. The van der Waals surface area contributed by atoms with Gasteiger partial charge >= 0.3 is 6.01 Å². The van der Waals surface area contributed by atoms with Crippen LogP contribution in [0.15, 0.2) is 16.9 Å². The van der Waals surface area contributed by atoms with E-state index in [0.717, 1.165) is 13.1 Å². The van der Waals surface area contributed by atoms with E-state index in [4.69, 9.17) is 4.42 Å². The molecule has 1 aliphatic heterocycles. The molecule has 1 N–H and O–H groups in total. The zero-order valence-electron chi connectivity index (χ0n) is 6.29. The molecule has 0 saturated carbocycles. The molecule has 0 spiro atoms. The molecule has 0 unspecified atom stereocenters. The fourth-order valence-electron chi connectivity index (χ4n) is 1.24. The Morgan fingerprint density at radius 3 is 2.91 bits per heavy atom. The maximum atomic E-state index is 5.03. The van der Waals surface area contributed by atoms with Crippen molar-refractivity contribution < 1.29 is 4.42 Å². The van der Waals surface area contributed by atoms with Crippen molar-refractivity contribution in [3.05, 3.63) is 12.5 Å². The molecule has 2 heterocycles. The zero-order valence-corrected chi connectivity index (χ0v) is 6.29. The minimum Gasteiger partial charge on any atom is -0.431 e. The van der Waals surface area contributed by atoms with Crippen LogP contribution in [0.4, 0.5) is 6.01 Å². The second kappa shape index (κ2) is 2.92. The standard InChI is InChI=1S/C7H11N3O/c1-2-5-10(4-1)9-7-8-3-6-11-7/h3,6H,1-2,4-5H2,(H,8,9). The molecular weight excluding hydrogens is 142 g/mol. The SMILES string of the molecule is c1coc(NN2CCCC2)n1. The third-order valence-corrected chi connectivity index (χ3v) is 1.79. The number of hydrazine groups is 1. The summed E-state index contributed by atoms with van der Waals surface area (Å²) in [4.78, 5) is 3.96. The monoisotopic (exact) mass is 153 g/mol. The quantitative estimate of drug-likeness (QED) is 0.690. The van der Waals surface area contributed by atoms with Gasteiger partial charge in [0.05, 0.1) is 6.20 Å². The summed E-state index contributed by atoms with van der Waals surface area (Å²) in [5, 5.41) is 2.12. The minimum absolute atomic E-state index is 0.590. The van der Waals surface area contributed by atoms with Gasteiger partial charge < -0.3 is 4.42 Å². The first-order chi connectivity index (χ1) is 5.45. The van der Waals surface area contributed by atoms with Gasteiger partial charge in [0.1, 0.15) is 6.26 Å². The Balaban J connectivity index is 1.90. The van der Waals surface area contributed by atoms with Crippen LogP contribution in [0.1, 0.15) is 12.8 Å². The normalized spacial score (nSPS) is 18.9. The third kappa shape index (κ3) is 1.51. The van der Waals surface area contributed by atoms with E-state index in [1.165, 1.54) is 12.8 Å². The average Bonchev–Trinajstić information content (AvgIpc) is 2.60. The van der Waals surface area contributed by atoms with Crippen LogP contribution in [0, 0.1) is 0 Å². The maximum absolute atomic E-state index is 5.03. The first kappa shape index (κ1) is 6.67. The van der Waals surface area contributed by atoms with Gasteiger partial charge in [-0.15, -0.1) is 0 Å². The van der Waals surface area contributed by atoms with Gasteiger partial charge in [0, 0.05) is 13.1 Å². The number of oxazole rings is 1. The molecule has 0 bridgehead atoms. The average molecular weight is 153 g/mol.